The van der Waals surface area contributed by atoms with E-state index in [0.717, 1.165) is 0 Å². The van der Waals surface area contributed by atoms with Gasteiger partial charge in [-0.1, -0.05) is 6.08 Å². The zero-order valence-corrected chi connectivity index (χ0v) is 11.7. The van der Waals surface area contributed by atoms with Gasteiger partial charge in [0.05, 0.1) is 18.2 Å². The predicted octanol–water partition coefficient (Wildman–Crippen LogP) is 3.89. The predicted molar refractivity (Wildman–Crippen MR) is 65.8 cm³/mol. The maximum atomic E-state index is 13.0. The van der Waals surface area contributed by atoms with E-state index in [2.05, 4.69) is 0 Å². The molecule has 0 spiro atoms. The molecule has 0 N–H and O–H groups in total. The fraction of sp³-hybridized carbons (Fsp3) is 0.769. The summed E-state index contributed by atoms with van der Waals surface area (Å²) in [6.07, 6.45) is -3.33. The lowest BCUT2D eigenvalue weighted by atomic mass is 9.99. The van der Waals surface area contributed by atoms with Gasteiger partial charge in [0, 0.05) is 5.54 Å². The van der Waals surface area contributed by atoms with Crippen LogP contribution in [0.15, 0.2) is 11.6 Å². The van der Waals surface area contributed by atoms with Crippen LogP contribution in [0.4, 0.5) is 18.0 Å². The Morgan fingerprint density at radius 1 is 1.42 bits per heavy atom. The molecule has 19 heavy (non-hydrogen) atoms. The molecule has 0 heterocycles. The number of carbonyl (C=O) groups is 1. The zero-order valence-electron chi connectivity index (χ0n) is 11.7. The Kier molecular flexibility index (Phi) is 4.53. The van der Waals surface area contributed by atoms with E-state index in [0.29, 0.717) is 6.42 Å². The average Bonchev–Trinajstić information content (AvgIpc) is 2.63. The Balaban J connectivity index is 3.06. The second-order valence-corrected chi connectivity index (χ2v) is 5.49. The van der Waals surface area contributed by atoms with Gasteiger partial charge in [-0.25, -0.2) is 4.79 Å². The number of allylic oxidation sites excluding steroid dienone is 1. The van der Waals surface area contributed by atoms with Gasteiger partial charge in [-0.3, -0.25) is 4.90 Å². The summed E-state index contributed by atoms with van der Waals surface area (Å²) in [5.41, 5.74) is -1.37. The maximum absolute atomic E-state index is 13.0. The van der Waals surface area contributed by atoms with E-state index in [1.165, 1.54) is 11.0 Å². The van der Waals surface area contributed by atoms with E-state index < -0.39 is 29.4 Å². The highest BCUT2D eigenvalue weighted by Crippen LogP contribution is 2.39. The lowest BCUT2D eigenvalue weighted by molar-refractivity contribution is -0.102. The van der Waals surface area contributed by atoms with Gasteiger partial charge in [-0.2, -0.15) is 13.2 Å². The van der Waals surface area contributed by atoms with Gasteiger partial charge in [0.2, 0.25) is 0 Å². The van der Waals surface area contributed by atoms with Gasteiger partial charge in [0.15, 0.2) is 0 Å². The molecule has 1 amide bonds. The van der Waals surface area contributed by atoms with Crippen LogP contribution >= 0.6 is 0 Å². The van der Waals surface area contributed by atoms with Crippen LogP contribution < -0.4 is 0 Å². The smallest absolute Gasteiger partial charge is 0.414 e. The molecule has 0 saturated heterocycles. The van der Waals surface area contributed by atoms with Gasteiger partial charge in [0.25, 0.3) is 0 Å². The molecule has 1 aliphatic rings. The van der Waals surface area contributed by atoms with Crippen molar-refractivity contribution in [3.63, 3.8) is 0 Å². The van der Waals surface area contributed by atoms with Crippen LogP contribution in [0.1, 0.15) is 40.5 Å². The summed E-state index contributed by atoms with van der Waals surface area (Å²) >= 11 is 0. The third-order valence-electron chi connectivity index (χ3n) is 2.99. The van der Waals surface area contributed by atoms with E-state index in [-0.39, 0.29) is 13.0 Å². The molecule has 6 heteroatoms. The van der Waals surface area contributed by atoms with E-state index >= 15 is 0 Å². The van der Waals surface area contributed by atoms with Gasteiger partial charge in [0.1, 0.15) is 0 Å². The van der Waals surface area contributed by atoms with Crippen LogP contribution in [0.5, 0.6) is 0 Å². The number of nitrogens with zero attached hydrogens (tertiary/aromatic N) is 1. The normalized spacial score (nSPS) is 20.2. The topological polar surface area (TPSA) is 29.5 Å². The summed E-state index contributed by atoms with van der Waals surface area (Å²) in [4.78, 5) is 13.2. The number of ether oxygens (including phenoxy) is 1. The molecule has 0 aliphatic heterocycles. The van der Waals surface area contributed by atoms with Crippen molar-refractivity contribution in [1.29, 1.82) is 0 Å². The molecule has 0 radical (unpaired) electrons. The van der Waals surface area contributed by atoms with Crippen LogP contribution in [0.3, 0.4) is 0 Å². The molecule has 3 nitrogen and oxygen atoms in total. The lowest BCUT2D eigenvalue weighted by Crippen LogP contribution is -2.53. The summed E-state index contributed by atoms with van der Waals surface area (Å²) in [6.45, 7) is 6.89. The zero-order chi connectivity index (χ0) is 14.8. The van der Waals surface area contributed by atoms with Crippen molar-refractivity contribution in [2.24, 2.45) is 0 Å². The summed E-state index contributed by atoms with van der Waals surface area (Å²) in [7, 11) is 0. The molecule has 1 unspecified atom stereocenters. The van der Waals surface area contributed by atoms with Gasteiger partial charge < -0.3 is 4.74 Å². The Morgan fingerprint density at radius 3 is 2.42 bits per heavy atom. The minimum atomic E-state index is -4.41. The molecule has 0 aromatic heterocycles. The fourth-order valence-electron chi connectivity index (χ4n) is 2.32. The van der Waals surface area contributed by atoms with Crippen molar-refractivity contribution in [2.75, 3.05) is 6.61 Å². The van der Waals surface area contributed by atoms with Crippen molar-refractivity contribution in [1.82, 2.24) is 4.90 Å². The Bertz CT molecular complexity index is 369. The van der Waals surface area contributed by atoms with Crippen molar-refractivity contribution in [3.05, 3.63) is 11.6 Å². The Morgan fingerprint density at radius 2 is 2.00 bits per heavy atom. The average molecular weight is 279 g/mol. The maximum Gasteiger partial charge on any atom is 0.414 e. The van der Waals surface area contributed by atoms with Crippen molar-refractivity contribution < 1.29 is 22.7 Å². The molecule has 0 aromatic carbocycles. The number of carbonyl (C=O) groups excluding carboxylic acids is 1. The minimum absolute atomic E-state index is 0.142. The van der Waals surface area contributed by atoms with E-state index in [4.69, 9.17) is 4.74 Å². The molecular formula is C13H20F3NO2. The molecule has 1 atom stereocenters. The second-order valence-electron chi connectivity index (χ2n) is 5.49. The van der Waals surface area contributed by atoms with Crippen molar-refractivity contribution in [3.8, 4) is 0 Å². The molecule has 110 valence electrons. The third-order valence-corrected chi connectivity index (χ3v) is 2.99. The molecule has 0 fully saturated rings. The standard InChI is InChI=1S/C13H20F3NO2/c1-5-19-11(18)17(12(2,3)4)10-8-6-7-9(10)13(14,15)16/h7,10H,5-6,8H2,1-4H3. The van der Waals surface area contributed by atoms with Crippen LogP contribution in [-0.4, -0.2) is 35.4 Å². The van der Waals surface area contributed by atoms with Crippen molar-refractivity contribution in [2.45, 2.75) is 58.3 Å². The molecule has 0 aromatic rings. The second kappa shape index (κ2) is 5.43. The molecule has 0 bridgehead atoms. The highest BCUT2D eigenvalue weighted by atomic mass is 19.4. The molecule has 0 saturated carbocycles. The van der Waals surface area contributed by atoms with Gasteiger partial charge in [-0.15, -0.1) is 0 Å². The summed E-state index contributed by atoms with van der Waals surface area (Å²) < 4.78 is 43.8. The molecule has 1 rings (SSSR count). The number of amides is 1. The first kappa shape index (κ1) is 15.9. The number of rotatable bonds is 2. The van der Waals surface area contributed by atoms with Crippen LogP contribution in [0.25, 0.3) is 0 Å². The Labute approximate surface area is 111 Å². The number of halogens is 3. The first-order valence-electron chi connectivity index (χ1n) is 6.32. The fourth-order valence-corrected chi connectivity index (χ4v) is 2.32. The quantitative estimate of drug-likeness (QED) is 0.718. The molecular weight excluding hydrogens is 259 g/mol. The van der Waals surface area contributed by atoms with E-state index in [1.54, 1.807) is 27.7 Å². The number of hydrogen-bond donors (Lipinski definition) is 0. The minimum Gasteiger partial charge on any atom is -0.450 e. The lowest BCUT2D eigenvalue weighted by Gasteiger charge is -2.40. The number of alkyl halides is 3. The van der Waals surface area contributed by atoms with Crippen LogP contribution in [-0.2, 0) is 4.74 Å². The third kappa shape index (κ3) is 3.64. The SMILES string of the molecule is CCOC(=O)N(C1CCC=C1C(F)(F)F)C(C)(C)C. The highest BCUT2D eigenvalue weighted by Gasteiger charge is 2.47. The first-order chi connectivity index (χ1) is 8.59. The summed E-state index contributed by atoms with van der Waals surface area (Å²) in [6, 6.07) is -0.959. The van der Waals surface area contributed by atoms with Crippen LogP contribution in [0, 0.1) is 0 Å². The van der Waals surface area contributed by atoms with Crippen LogP contribution in [0.2, 0.25) is 0 Å². The van der Waals surface area contributed by atoms with E-state index in [1.807, 2.05) is 0 Å². The summed E-state index contributed by atoms with van der Waals surface area (Å²) in [5.74, 6) is 0. The van der Waals surface area contributed by atoms with Gasteiger partial charge in [-0.05, 0) is 40.5 Å². The molecule has 1 aliphatic carbocycles. The van der Waals surface area contributed by atoms with Crippen molar-refractivity contribution >= 4 is 6.09 Å². The Hall–Kier alpha value is -1.20. The van der Waals surface area contributed by atoms with Gasteiger partial charge >= 0.3 is 12.3 Å². The summed E-state index contributed by atoms with van der Waals surface area (Å²) in [5, 5.41) is 0. The largest absolute Gasteiger partial charge is 0.450 e. The number of hydrogen-bond acceptors (Lipinski definition) is 2. The highest BCUT2D eigenvalue weighted by molar-refractivity contribution is 5.70. The first-order valence-corrected chi connectivity index (χ1v) is 6.32. The van der Waals surface area contributed by atoms with E-state index in [9.17, 15) is 18.0 Å². The monoisotopic (exact) mass is 279 g/mol.